The van der Waals surface area contributed by atoms with Gasteiger partial charge in [-0.15, -0.1) is 0 Å². The largest absolute Gasteiger partial charge is 0.287 e. The number of nitrogens with zero attached hydrogens (tertiary/aromatic N) is 1. The molecule has 4 nitrogen and oxygen atoms in total. The van der Waals surface area contributed by atoms with Crippen LogP contribution in [0, 0.1) is 0 Å². The molecule has 0 saturated heterocycles. The fourth-order valence-corrected chi connectivity index (χ4v) is 2.66. The van der Waals surface area contributed by atoms with Crippen LogP contribution in [0.1, 0.15) is 15.9 Å². The minimum atomic E-state index is -0.164. The number of hydrogen-bond donors (Lipinski definition) is 2. The maximum absolute atomic E-state index is 11.6. The monoisotopic (exact) mass is 381 g/mol. The molecule has 4 heteroatoms. The number of carbonyl (C=O) groups is 1. The van der Waals surface area contributed by atoms with Gasteiger partial charge in [0.1, 0.15) is 0 Å². The van der Waals surface area contributed by atoms with Crippen LogP contribution in [-0.4, -0.2) is 10.9 Å². The van der Waals surface area contributed by atoms with Crippen LogP contribution in [0.15, 0.2) is 116 Å². The minimum absolute atomic E-state index is 0.164. The molecule has 2 N–H and O–H groups in total. The van der Waals surface area contributed by atoms with Gasteiger partial charge in [-0.05, 0) is 28.8 Å². The van der Waals surface area contributed by atoms with E-state index in [0.29, 0.717) is 12.1 Å². The zero-order valence-corrected chi connectivity index (χ0v) is 16.0. The van der Waals surface area contributed by atoms with Crippen molar-refractivity contribution < 1.29 is 4.79 Å². The molecule has 1 heterocycles. The van der Waals surface area contributed by atoms with Gasteiger partial charge in [-0.2, -0.15) is 0 Å². The van der Waals surface area contributed by atoms with Crippen LogP contribution >= 0.6 is 0 Å². The third-order valence-corrected chi connectivity index (χ3v) is 4.16. The molecule has 3 aromatic carbocycles. The first-order valence-electron chi connectivity index (χ1n) is 9.40. The fourth-order valence-electron chi connectivity index (χ4n) is 2.66. The van der Waals surface area contributed by atoms with Crippen molar-refractivity contribution in [1.29, 1.82) is 0 Å². The van der Waals surface area contributed by atoms with Crippen molar-refractivity contribution >= 4 is 5.91 Å². The molecular formula is C25H23N3O. The lowest BCUT2D eigenvalue weighted by Gasteiger charge is -2.06. The van der Waals surface area contributed by atoms with Crippen LogP contribution in [0.4, 0.5) is 0 Å². The van der Waals surface area contributed by atoms with Crippen molar-refractivity contribution in [3.8, 4) is 11.1 Å². The summed E-state index contributed by atoms with van der Waals surface area (Å²) in [5.74, 6) is -0.164. The van der Waals surface area contributed by atoms with Crippen LogP contribution in [0.5, 0.6) is 0 Å². The van der Waals surface area contributed by atoms with Crippen LogP contribution in [-0.2, 0) is 6.54 Å². The Kier molecular flexibility index (Phi) is 7.70. The Balaban J connectivity index is 0.000000176. The Morgan fingerprint density at radius 1 is 0.655 bits per heavy atom. The number of amides is 1. The summed E-state index contributed by atoms with van der Waals surface area (Å²) in [5, 5.41) is 0. The maximum Gasteiger partial charge on any atom is 0.265 e. The Labute approximate surface area is 171 Å². The highest BCUT2D eigenvalue weighted by molar-refractivity contribution is 5.93. The first kappa shape index (κ1) is 20.0. The summed E-state index contributed by atoms with van der Waals surface area (Å²) in [4.78, 5) is 15.5. The number of nitrogens with one attached hydrogen (secondary N) is 2. The number of hydrazine groups is 1. The first-order chi connectivity index (χ1) is 14.3. The van der Waals surface area contributed by atoms with Gasteiger partial charge < -0.3 is 0 Å². The second kappa shape index (κ2) is 11.2. The van der Waals surface area contributed by atoms with E-state index >= 15 is 0 Å². The Morgan fingerprint density at radius 3 is 1.66 bits per heavy atom. The van der Waals surface area contributed by atoms with Crippen molar-refractivity contribution in [3.05, 3.63) is 127 Å². The van der Waals surface area contributed by atoms with Gasteiger partial charge in [0.15, 0.2) is 0 Å². The van der Waals surface area contributed by atoms with E-state index in [2.05, 4.69) is 64.4 Å². The quantitative estimate of drug-likeness (QED) is 0.485. The average Bonchev–Trinajstić information content (AvgIpc) is 2.82. The van der Waals surface area contributed by atoms with E-state index in [1.807, 2.05) is 42.5 Å². The SMILES string of the molecule is O=C(NNCc1ccccc1)c1ccncc1.c1ccc(-c2ccccc2)cc1. The molecule has 0 fully saturated rings. The molecule has 0 aliphatic rings. The number of pyridine rings is 1. The summed E-state index contributed by atoms with van der Waals surface area (Å²) in [6.07, 6.45) is 3.18. The van der Waals surface area contributed by atoms with E-state index in [-0.39, 0.29) is 5.91 Å². The minimum Gasteiger partial charge on any atom is -0.287 e. The Hall–Kier alpha value is -3.76. The van der Waals surface area contributed by atoms with E-state index in [1.54, 1.807) is 24.5 Å². The summed E-state index contributed by atoms with van der Waals surface area (Å²) in [7, 11) is 0. The predicted octanol–water partition coefficient (Wildman–Crippen LogP) is 4.87. The van der Waals surface area contributed by atoms with Gasteiger partial charge in [-0.3, -0.25) is 15.2 Å². The molecule has 0 spiro atoms. The van der Waals surface area contributed by atoms with Crippen LogP contribution in [0.2, 0.25) is 0 Å². The number of carbonyl (C=O) groups excluding carboxylic acids is 1. The van der Waals surface area contributed by atoms with Crippen molar-refractivity contribution in [2.24, 2.45) is 0 Å². The standard InChI is InChI=1S/C13H13N3O.C12H10/c17-13(12-6-8-14-9-7-12)16-15-10-11-4-2-1-3-5-11;1-3-7-11(8-4-1)12-9-5-2-6-10-12/h1-9,15H,10H2,(H,16,17);1-10H. The third kappa shape index (κ3) is 6.72. The first-order valence-corrected chi connectivity index (χ1v) is 9.40. The molecule has 1 amide bonds. The molecule has 0 aliphatic carbocycles. The predicted molar refractivity (Wildman–Crippen MR) is 117 cm³/mol. The highest BCUT2D eigenvalue weighted by Gasteiger charge is 2.02. The lowest BCUT2D eigenvalue weighted by molar-refractivity contribution is 0.0932. The molecule has 0 bridgehead atoms. The lowest BCUT2D eigenvalue weighted by Crippen LogP contribution is -2.36. The fraction of sp³-hybridized carbons (Fsp3) is 0.0400. The molecule has 1 aromatic heterocycles. The molecule has 0 unspecified atom stereocenters. The molecule has 29 heavy (non-hydrogen) atoms. The number of aromatic nitrogens is 1. The maximum atomic E-state index is 11.6. The van der Waals surface area contributed by atoms with E-state index in [1.165, 1.54) is 11.1 Å². The van der Waals surface area contributed by atoms with Crippen molar-refractivity contribution in [2.75, 3.05) is 0 Å². The molecule has 0 atom stereocenters. The summed E-state index contributed by atoms with van der Waals surface area (Å²) < 4.78 is 0. The zero-order valence-electron chi connectivity index (χ0n) is 16.0. The highest BCUT2D eigenvalue weighted by atomic mass is 16.2. The topological polar surface area (TPSA) is 54.0 Å². The molecule has 4 rings (SSSR count). The van der Waals surface area contributed by atoms with Crippen LogP contribution < -0.4 is 10.9 Å². The van der Waals surface area contributed by atoms with Gasteiger partial charge >= 0.3 is 0 Å². The summed E-state index contributed by atoms with van der Waals surface area (Å²) >= 11 is 0. The summed E-state index contributed by atoms with van der Waals surface area (Å²) in [6.45, 7) is 0.595. The molecular weight excluding hydrogens is 358 g/mol. The molecule has 0 aliphatic heterocycles. The van der Waals surface area contributed by atoms with E-state index < -0.39 is 0 Å². The number of rotatable bonds is 5. The van der Waals surface area contributed by atoms with Gasteiger partial charge in [-0.1, -0.05) is 91.0 Å². The highest BCUT2D eigenvalue weighted by Crippen LogP contribution is 2.17. The van der Waals surface area contributed by atoms with E-state index in [0.717, 1.165) is 5.56 Å². The Morgan fingerprint density at radius 2 is 1.14 bits per heavy atom. The van der Waals surface area contributed by atoms with Crippen molar-refractivity contribution in [2.45, 2.75) is 6.54 Å². The summed E-state index contributed by atoms with van der Waals surface area (Å²) in [5.41, 5.74) is 9.76. The van der Waals surface area contributed by atoms with Crippen LogP contribution in [0.3, 0.4) is 0 Å². The van der Waals surface area contributed by atoms with Gasteiger partial charge in [-0.25, -0.2) is 5.43 Å². The summed E-state index contributed by atoms with van der Waals surface area (Å²) in [6, 6.07) is 34.0. The van der Waals surface area contributed by atoms with Crippen molar-refractivity contribution in [3.63, 3.8) is 0 Å². The van der Waals surface area contributed by atoms with E-state index in [4.69, 9.17) is 0 Å². The Bertz CT molecular complexity index is 938. The molecule has 144 valence electrons. The van der Waals surface area contributed by atoms with Gasteiger partial charge in [0.25, 0.3) is 5.91 Å². The van der Waals surface area contributed by atoms with Gasteiger partial charge in [0.2, 0.25) is 0 Å². The zero-order chi connectivity index (χ0) is 20.2. The van der Waals surface area contributed by atoms with E-state index in [9.17, 15) is 4.79 Å². The number of hydrogen-bond acceptors (Lipinski definition) is 3. The molecule has 0 saturated carbocycles. The third-order valence-electron chi connectivity index (χ3n) is 4.16. The van der Waals surface area contributed by atoms with Crippen molar-refractivity contribution in [1.82, 2.24) is 15.8 Å². The second-order valence-corrected chi connectivity index (χ2v) is 6.26. The molecule has 4 aromatic rings. The van der Waals surface area contributed by atoms with Crippen LogP contribution in [0.25, 0.3) is 11.1 Å². The lowest BCUT2D eigenvalue weighted by atomic mass is 10.1. The van der Waals surface area contributed by atoms with Gasteiger partial charge in [0, 0.05) is 24.5 Å². The van der Waals surface area contributed by atoms with Gasteiger partial charge in [0.05, 0.1) is 0 Å². The smallest absolute Gasteiger partial charge is 0.265 e. The number of benzene rings is 3. The molecule has 0 radical (unpaired) electrons. The second-order valence-electron chi connectivity index (χ2n) is 6.26. The normalized spacial score (nSPS) is 9.79. The average molecular weight is 381 g/mol.